The van der Waals surface area contributed by atoms with E-state index in [0.29, 0.717) is 6.54 Å². The number of amides is 2. The number of carbonyl (C=O) groups is 1. The van der Waals surface area contributed by atoms with Crippen molar-refractivity contribution in [2.45, 2.75) is 6.54 Å². The number of likely N-dealkylation sites (N-methyl/N-ethyl adjacent to an activating group) is 1. The molecular formula is C22H25N5O. The van der Waals surface area contributed by atoms with Crippen LogP contribution in [-0.2, 0) is 6.54 Å². The lowest BCUT2D eigenvalue weighted by atomic mass is 10.1. The highest BCUT2D eigenvalue weighted by Gasteiger charge is 2.15. The number of nitrogens with zero attached hydrogens (tertiary/aromatic N) is 3. The molecule has 2 aromatic carbocycles. The zero-order valence-corrected chi connectivity index (χ0v) is 16.1. The van der Waals surface area contributed by atoms with E-state index in [9.17, 15) is 4.79 Å². The SMILES string of the molecule is CN1CCN(c2ccc(CNC(=O)Nc3ccc4ccccc4c3)cn2)CC1. The second kappa shape index (κ2) is 8.27. The molecule has 0 aliphatic carbocycles. The summed E-state index contributed by atoms with van der Waals surface area (Å²) in [7, 11) is 2.14. The van der Waals surface area contributed by atoms with Crippen molar-refractivity contribution in [3.8, 4) is 0 Å². The molecule has 1 aliphatic rings. The Morgan fingerprint density at radius 1 is 1.00 bits per heavy atom. The van der Waals surface area contributed by atoms with Crippen LogP contribution in [0.15, 0.2) is 60.8 Å². The third kappa shape index (κ3) is 4.40. The van der Waals surface area contributed by atoms with Crippen molar-refractivity contribution in [3.63, 3.8) is 0 Å². The molecule has 3 aromatic rings. The summed E-state index contributed by atoms with van der Waals surface area (Å²) in [6.45, 7) is 4.54. The number of hydrogen-bond donors (Lipinski definition) is 2. The quantitative estimate of drug-likeness (QED) is 0.735. The Morgan fingerprint density at radius 2 is 1.79 bits per heavy atom. The van der Waals surface area contributed by atoms with Gasteiger partial charge in [0, 0.05) is 44.6 Å². The maximum Gasteiger partial charge on any atom is 0.319 e. The Balaban J connectivity index is 1.30. The van der Waals surface area contributed by atoms with Crippen LogP contribution in [0.3, 0.4) is 0 Å². The van der Waals surface area contributed by atoms with Crippen LogP contribution in [-0.4, -0.2) is 49.1 Å². The smallest absolute Gasteiger partial charge is 0.319 e. The number of fused-ring (bicyclic) bond motifs is 1. The predicted octanol–water partition coefficient (Wildman–Crippen LogP) is 3.31. The van der Waals surface area contributed by atoms with E-state index in [1.165, 1.54) is 0 Å². The summed E-state index contributed by atoms with van der Waals surface area (Å²) in [6, 6.07) is 17.8. The van der Waals surface area contributed by atoms with Crippen LogP contribution in [0.25, 0.3) is 10.8 Å². The maximum absolute atomic E-state index is 12.2. The van der Waals surface area contributed by atoms with Crippen LogP contribution in [0.2, 0.25) is 0 Å². The van der Waals surface area contributed by atoms with Gasteiger partial charge in [-0.15, -0.1) is 0 Å². The maximum atomic E-state index is 12.2. The fourth-order valence-electron chi connectivity index (χ4n) is 3.37. The summed E-state index contributed by atoms with van der Waals surface area (Å²) in [4.78, 5) is 21.4. The predicted molar refractivity (Wildman–Crippen MR) is 114 cm³/mol. The second-order valence-electron chi connectivity index (χ2n) is 7.18. The van der Waals surface area contributed by atoms with Crippen molar-refractivity contribution >= 4 is 28.3 Å². The topological polar surface area (TPSA) is 60.5 Å². The van der Waals surface area contributed by atoms with Gasteiger partial charge < -0.3 is 20.4 Å². The number of anilines is 2. The summed E-state index contributed by atoms with van der Waals surface area (Å²) in [5.41, 5.74) is 1.76. The Bertz CT molecular complexity index is 949. The lowest BCUT2D eigenvalue weighted by molar-refractivity contribution is 0.251. The Morgan fingerprint density at radius 3 is 2.54 bits per heavy atom. The fraction of sp³-hybridized carbons (Fsp3) is 0.273. The van der Waals surface area contributed by atoms with Crippen molar-refractivity contribution in [1.29, 1.82) is 0 Å². The normalized spacial score (nSPS) is 14.8. The monoisotopic (exact) mass is 375 g/mol. The van der Waals surface area contributed by atoms with Crippen LogP contribution in [0, 0.1) is 0 Å². The molecule has 0 atom stereocenters. The van der Waals surface area contributed by atoms with Gasteiger partial charge >= 0.3 is 6.03 Å². The molecule has 0 bridgehead atoms. The number of hydrogen-bond acceptors (Lipinski definition) is 4. The average Bonchev–Trinajstić information content (AvgIpc) is 2.73. The molecule has 2 amide bonds. The van der Waals surface area contributed by atoms with E-state index in [0.717, 1.165) is 54.0 Å². The molecule has 28 heavy (non-hydrogen) atoms. The van der Waals surface area contributed by atoms with E-state index in [2.05, 4.69) is 38.5 Å². The number of urea groups is 1. The van der Waals surface area contributed by atoms with E-state index >= 15 is 0 Å². The number of rotatable bonds is 4. The van der Waals surface area contributed by atoms with Crippen molar-refractivity contribution in [1.82, 2.24) is 15.2 Å². The molecule has 6 heteroatoms. The fourth-order valence-corrected chi connectivity index (χ4v) is 3.37. The molecule has 4 rings (SSSR count). The van der Waals surface area contributed by atoms with E-state index in [4.69, 9.17) is 0 Å². The number of pyridine rings is 1. The van der Waals surface area contributed by atoms with Crippen LogP contribution < -0.4 is 15.5 Å². The van der Waals surface area contributed by atoms with Crippen LogP contribution in [0.1, 0.15) is 5.56 Å². The molecule has 1 saturated heterocycles. The number of aromatic nitrogens is 1. The minimum Gasteiger partial charge on any atom is -0.354 e. The molecular weight excluding hydrogens is 350 g/mol. The first-order valence-electron chi connectivity index (χ1n) is 9.59. The van der Waals surface area contributed by atoms with Gasteiger partial charge in [0.25, 0.3) is 0 Å². The van der Waals surface area contributed by atoms with Crippen molar-refractivity contribution in [2.24, 2.45) is 0 Å². The van der Waals surface area contributed by atoms with Gasteiger partial charge in [0.1, 0.15) is 5.82 Å². The largest absolute Gasteiger partial charge is 0.354 e. The van der Waals surface area contributed by atoms with Crippen LogP contribution >= 0.6 is 0 Å². The second-order valence-corrected chi connectivity index (χ2v) is 7.18. The first-order chi connectivity index (χ1) is 13.7. The van der Waals surface area contributed by atoms with Crippen molar-refractivity contribution in [3.05, 3.63) is 66.4 Å². The highest BCUT2D eigenvalue weighted by Crippen LogP contribution is 2.19. The van der Waals surface area contributed by atoms with Gasteiger partial charge in [-0.25, -0.2) is 9.78 Å². The molecule has 144 valence electrons. The third-order valence-electron chi connectivity index (χ3n) is 5.10. The van der Waals surface area contributed by atoms with Gasteiger partial charge in [0.2, 0.25) is 0 Å². The minimum absolute atomic E-state index is 0.224. The lowest BCUT2D eigenvalue weighted by Crippen LogP contribution is -2.44. The van der Waals surface area contributed by atoms with E-state index in [1.54, 1.807) is 0 Å². The summed E-state index contributed by atoms with van der Waals surface area (Å²) in [5.74, 6) is 0.998. The molecule has 0 spiro atoms. The molecule has 1 fully saturated rings. The molecule has 6 nitrogen and oxygen atoms in total. The molecule has 1 aromatic heterocycles. The first-order valence-corrected chi connectivity index (χ1v) is 9.59. The number of nitrogens with one attached hydrogen (secondary N) is 2. The molecule has 1 aliphatic heterocycles. The van der Waals surface area contributed by atoms with Gasteiger partial charge in [-0.3, -0.25) is 0 Å². The van der Waals surface area contributed by atoms with Crippen LogP contribution in [0.4, 0.5) is 16.3 Å². The Hall–Kier alpha value is -3.12. The minimum atomic E-state index is -0.224. The number of piperazine rings is 1. The van der Waals surface area contributed by atoms with Gasteiger partial charge in [0.15, 0.2) is 0 Å². The lowest BCUT2D eigenvalue weighted by Gasteiger charge is -2.33. The summed E-state index contributed by atoms with van der Waals surface area (Å²) in [6.07, 6.45) is 1.84. The molecule has 2 heterocycles. The van der Waals surface area contributed by atoms with E-state index in [-0.39, 0.29) is 6.03 Å². The number of benzene rings is 2. The highest BCUT2D eigenvalue weighted by molar-refractivity contribution is 5.93. The summed E-state index contributed by atoms with van der Waals surface area (Å²) >= 11 is 0. The van der Waals surface area contributed by atoms with Crippen molar-refractivity contribution in [2.75, 3.05) is 43.4 Å². The van der Waals surface area contributed by atoms with Gasteiger partial charge in [-0.1, -0.05) is 36.4 Å². The summed E-state index contributed by atoms with van der Waals surface area (Å²) < 4.78 is 0. The zero-order chi connectivity index (χ0) is 19.3. The van der Waals surface area contributed by atoms with Gasteiger partial charge in [0.05, 0.1) is 0 Å². The first kappa shape index (κ1) is 18.3. The van der Waals surface area contributed by atoms with Gasteiger partial charge in [-0.05, 0) is 41.6 Å². The standard InChI is InChI=1S/C22H25N5O/c1-26-10-12-27(13-11-26)21-9-6-17(15-23-21)16-24-22(28)25-20-8-7-18-4-2-3-5-19(18)14-20/h2-9,14-15H,10-13,16H2,1H3,(H2,24,25,28). The Labute approximate surface area is 165 Å². The molecule has 2 N–H and O–H groups in total. The molecule has 0 saturated carbocycles. The van der Waals surface area contributed by atoms with Crippen molar-refractivity contribution < 1.29 is 4.79 Å². The highest BCUT2D eigenvalue weighted by atomic mass is 16.2. The van der Waals surface area contributed by atoms with E-state index in [1.807, 2.05) is 54.7 Å². The zero-order valence-electron chi connectivity index (χ0n) is 16.1. The van der Waals surface area contributed by atoms with E-state index < -0.39 is 0 Å². The van der Waals surface area contributed by atoms with Gasteiger partial charge in [-0.2, -0.15) is 0 Å². The molecule has 0 unspecified atom stereocenters. The summed E-state index contributed by atoms with van der Waals surface area (Å²) in [5, 5.41) is 8.03. The molecule has 0 radical (unpaired) electrons. The Kier molecular flexibility index (Phi) is 5.39. The average molecular weight is 375 g/mol. The van der Waals surface area contributed by atoms with Crippen LogP contribution in [0.5, 0.6) is 0 Å². The number of carbonyl (C=O) groups excluding carboxylic acids is 1. The third-order valence-corrected chi connectivity index (χ3v) is 5.10.